The zero-order valence-corrected chi connectivity index (χ0v) is 26.3. The minimum Gasteiger partial charge on any atom is -0.455 e. The number of para-hydroxylation sites is 2. The first-order chi connectivity index (χ1) is 24.3. The summed E-state index contributed by atoms with van der Waals surface area (Å²) in [6, 6.07) is 56.7. The Morgan fingerprint density at radius 2 is 1.08 bits per heavy atom. The Balaban J connectivity index is 1.12. The van der Waals surface area contributed by atoms with Gasteiger partial charge < -0.3 is 4.42 Å². The lowest BCUT2D eigenvalue weighted by Gasteiger charge is -2.12. The van der Waals surface area contributed by atoms with Crippen LogP contribution in [0.15, 0.2) is 168 Å². The number of hydrogen-bond donors (Lipinski definition) is 0. The predicted molar refractivity (Wildman–Crippen MR) is 201 cm³/mol. The second-order valence-corrected chi connectivity index (χ2v) is 12.4. The van der Waals surface area contributed by atoms with E-state index in [2.05, 4.69) is 121 Å². The largest absolute Gasteiger partial charge is 0.455 e. The number of hydrogen-bond acceptors (Lipinski definition) is 4. The van der Waals surface area contributed by atoms with Crippen LogP contribution in [0, 0.1) is 0 Å². The molecular weight excluding hydrogens is 599 g/mol. The third-order valence-electron chi connectivity index (χ3n) is 9.46. The Hall–Kier alpha value is -6.65. The topological polar surface area (TPSA) is 51.8 Å². The molecule has 0 atom stereocenters. The number of rotatable bonds is 4. The van der Waals surface area contributed by atoms with Gasteiger partial charge in [0, 0.05) is 38.2 Å². The molecule has 7 aromatic carbocycles. The molecule has 4 heteroatoms. The zero-order chi connectivity index (χ0) is 32.3. The van der Waals surface area contributed by atoms with Crippen LogP contribution in [0.4, 0.5) is 0 Å². The molecule has 0 saturated heterocycles. The first-order valence-electron chi connectivity index (χ1n) is 16.4. The van der Waals surface area contributed by atoms with Crippen LogP contribution >= 0.6 is 0 Å². The van der Waals surface area contributed by atoms with Crippen LogP contribution < -0.4 is 0 Å². The van der Waals surface area contributed by atoms with Gasteiger partial charge in [-0.3, -0.25) is 0 Å². The fraction of sp³-hybridized carbons (Fsp3) is 0. The molecule has 0 saturated carbocycles. The second kappa shape index (κ2) is 11.0. The molecule has 0 amide bonds. The van der Waals surface area contributed by atoms with Gasteiger partial charge in [-0.2, -0.15) is 0 Å². The van der Waals surface area contributed by atoms with E-state index in [4.69, 9.17) is 19.4 Å². The molecule has 0 fully saturated rings. The van der Waals surface area contributed by atoms with Crippen LogP contribution in [0.2, 0.25) is 0 Å². The maximum Gasteiger partial charge on any atom is 0.160 e. The molecule has 0 N–H and O–H groups in total. The molecule has 0 bridgehead atoms. The van der Waals surface area contributed by atoms with Crippen molar-refractivity contribution in [3.63, 3.8) is 0 Å². The molecule has 10 rings (SSSR count). The van der Waals surface area contributed by atoms with E-state index >= 15 is 0 Å². The molecule has 0 radical (unpaired) electrons. The van der Waals surface area contributed by atoms with Crippen molar-refractivity contribution < 1.29 is 4.42 Å². The summed E-state index contributed by atoms with van der Waals surface area (Å²) in [5.41, 5.74) is 10.8. The molecule has 10 aromatic rings. The predicted octanol–water partition coefficient (Wildman–Crippen LogP) is 11.9. The fourth-order valence-corrected chi connectivity index (χ4v) is 7.09. The highest BCUT2D eigenvalue weighted by Gasteiger charge is 2.19. The van der Waals surface area contributed by atoms with Gasteiger partial charge in [0.15, 0.2) is 5.82 Å². The number of fused-ring (bicyclic) bond motifs is 8. The standard InChI is InChI=1S/C45H27N3O/c1-2-12-31(13-3-1)45-46-38-19-8-6-17-35(38)41(48-45)30-23-21-28(22-24-30)32-14-10-15-33(27-32)42-40-36-18-7-9-20-39(36)49-44(40)37-26-25-29-11-4-5-16-34(29)43(37)47-42/h1-27H. The smallest absolute Gasteiger partial charge is 0.160 e. The van der Waals surface area contributed by atoms with Gasteiger partial charge in [-0.1, -0.05) is 140 Å². The molecule has 3 aromatic heterocycles. The Morgan fingerprint density at radius 3 is 1.96 bits per heavy atom. The van der Waals surface area contributed by atoms with Gasteiger partial charge in [-0.25, -0.2) is 15.0 Å². The third-order valence-corrected chi connectivity index (χ3v) is 9.46. The van der Waals surface area contributed by atoms with Crippen molar-refractivity contribution >= 4 is 54.5 Å². The maximum atomic E-state index is 6.56. The highest BCUT2D eigenvalue weighted by Crippen LogP contribution is 2.42. The summed E-state index contributed by atoms with van der Waals surface area (Å²) in [7, 11) is 0. The van der Waals surface area contributed by atoms with Crippen LogP contribution in [-0.4, -0.2) is 15.0 Å². The monoisotopic (exact) mass is 625 g/mol. The average Bonchev–Trinajstić information content (AvgIpc) is 3.57. The lowest BCUT2D eigenvalue weighted by atomic mass is 9.96. The summed E-state index contributed by atoms with van der Waals surface area (Å²) in [5.74, 6) is 0.722. The van der Waals surface area contributed by atoms with Crippen molar-refractivity contribution in [3.05, 3.63) is 164 Å². The number of aromatic nitrogens is 3. The number of benzene rings is 7. The molecular formula is C45H27N3O. The maximum absolute atomic E-state index is 6.56. The Morgan fingerprint density at radius 1 is 0.388 bits per heavy atom. The van der Waals surface area contributed by atoms with Gasteiger partial charge in [-0.15, -0.1) is 0 Å². The Kier molecular flexibility index (Phi) is 6.15. The zero-order valence-electron chi connectivity index (χ0n) is 26.3. The van der Waals surface area contributed by atoms with Crippen molar-refractivity contribution in [2.45, 2.75) is 0 Å². The molecule has 0 unspecified atom stereocenters. The fourth-order valence-electron chi connectivity index (χ4n) is 7.09. The second-order valence-electron chi connectivity index (χ2n) is 12.4. The molecule has 0 aliphatic carbocycles. The Labute approximate surface area is 282 Å². The molecule has 0 aliphatic heterocycles. The number of nitrogens with zero attached hydrogens (tertiary/aromatic N) is 3. The van der Waals surface area contributed by atoms with E-state index in [0.717, 1.165) is 99.5 Å². The lowest BCUT2D eigenvalue weighted by molar-refractivity contribution is 0.672. The summed E-state index contributed by atoms with van der Waals surface area (Å²) in [4.78, 5) is 15.3. The molecule has 4 nitrogen and oxygen atoms in total. The van der Waals surface area contributed by atoms with Crippen LogP contribution in [-0.2, 0) is 0 Å². The first kappa shape index (κ1) is 27.5. The first-order valence-corrected chi connectivity index (χ1v) is 16.4. The van der Waals surface area contributed by atoms with Crippen LogP contribution in [0.25, 0.3) is 99.5 Å². The summed E-state index contributed by atoms with van der Waals surface area (Å²) in [6.07, 6.45) is 0. The molecule has 0 spiro atoms. The van der Waals surface area contributed by atoms with Crippen LogP contribution in [0.3, 0.4) is 0 Å². The molecule has 49 heavy (non-hydrogen) atoms. The van der Waals surface area contributed by atoms with Gasteiger partial charge in [0.1, 0.15) is 11.2 Å². The van der Waals surface area contributed by atoms with Crippen molar-refractivity contribution in [2.75, 3.05) is 0 Å². The highest BCUT2D eigenvalue weighted by atomic mass is 16.3. The van der Waals surface area contributed by atoms with E-state index in [1.807, 2.05) is 42.5 Å². The van der Waals surface area contributed by atoms with E-state index in [1.165, 1.54) is 0 Å². The normalized spacial score (nSPS) is 11.7. The summed E-state index contributed by atoms with van der Waals surface area (Å²) >= 11 is 0. The SMILES string of the molecule is c1ccc(-c2nc(-c3ccc(-c4cccc(-c5nc6c7ccccc7ccc6c6oc7ccccc7c56)c4)cc3)c3ccccc3n2)cc1. The summed E-state index contributed by atoms with van der Waals surface area (Å²) < 4.78 is 6.56. The van der Waals surface area contributed by atoms with Crippen molar-refractivity contribution in [1.82, 2.24) is 15.0 Å². The van der Waals surface area contributed by atoms with Crippen LogP contribution in [0.1, 0.15) is 0 Å². The van der Waals surface area contributed by atoms with Crippen molar-refractivity contribution in [3.8, 4) is 45.0 Å². The van der Waals surface area contributed by atoms with Gasteiger partial charge >= 0.3 is 0 Å². The summed E-state index contributed by atoms with van der Waals surface area (Å²) in [5, 5.41) is 6.43. The van der Waals surface area contributed by atoms with Crippen LogP contribution in [0.5, 0.6) is 0 Å². The molecule has 3 heterocycles. The lowest BCUT2D eigenvalue weighted by Crippen LogP contribution is -1.95. The minimum absolute atomic E-state index is 0.722. The van der Waals surface area contributed by atoms with E-state index in [9.17, 15) is 0 Å². The quantitative estimate of drug-likeness (QED) is 0.183. The molecule has 228 valence electrons. The average molecular weight is 626 g/mol. The highest BCUT2D eigenvalue weighted by molar-refractivity contribution is 6.22. The van der Waals surface area contributed by atoms with Gasteiger partial charge in [0.05, 0.1) is 27.8 Å². The minimum atomic E-state index is 0.722. The van der Waals surface area contributed by atoms with Gasteiger partial charge in [-0.05, 0) is 40.8 Å². The number of pyridine rings is 1. The van der Waals surface area contributed by atoms with E-state index in [1.54, 1.807) is 0 Å². The van der Waals surface area contributed by atoms with Crippen molar-refractivity contribution in [2.24, 2.45) is 0 Å². The van der Waals surface area contributed by atoms with Gasteiger partial charge in [0.25, 0.3) is 0 Å². The summed E-state index contributed by atoms with van der Waals surface area (Å²) in [6.45, 7) is 0. The van der Waals surface area contributed by atoms with Gasteiger partial charge in [0.2, 0.25) is 0 Å². The van der Waals surface area contributed by atoms with E-state index in [0.29, 0.717) is 0 Å². The van der Waals surface area contributed by atoms with E-state index in [-0.39, 0.29) is 0 Å². The molecule has 0 aliphatic rings. The Bertz CT molecular complexity index is 2870. The third kappa shape index (κ3) is 4.49. The number of furan rings is 1. The van der Waals surface area contributed by atoms with E-state index < -0.39 is 0 Å². The van der Waals surface area contributed by atoms with Crippen molar-refractivity contribution in [1.29, 1.82) is 0 Å².